The van der Waals surface area contributed by atoms with Gasteiger partial charge in [0, 0.05) is 26.0 Å². The van der Waals surface area contributed by atoms with Gasteiger partial charge in [-0.25, -0.2) is 4.98 Å². The highest BCUT2D eigenvalue weighted by Gasteiger charge is 2.64. The molecule has 1 saturated heterocycles. The van der Waals surface area contributed by atoms with Crippen molar-refractivity contribution in [1.29, 1.82) is 0 Å². The number of aliphatic hydroxyl groups is 1. The van der Waals surface area contributed by atoms with Crippen molar-refractivity contribution in [2.45, 2.75) is 31.0 Å². The van der Waals surface area contributed by atoms with Gasteiger partial charge in [-0.3, -0.25) is 4.79 Å². The standard InChI is InChI=1S/C15H22F3N3O3/c1-20-9-6-19-13(20)14(23,15(16,17)18)11(12(22)24-2)10-21-7-4-3-5-8-21/h6,9,11,23H,3-5,7-8,10H2,1-2H3. The molecule has 2 heterocycles. The number of rotatable bonds is 5. The fourth-order valence-corrected chi connectivity index (χ4v) is 3.13. The van der Waals surface area contributed by atoms with Crippen molar-refractivity contribution in [3.8, 4) is 0 Å². The van der Waals surface area contributed by atoms with Gasteiger partial charge >= 0.3 is 12.1 Å². The predicted molar refractivity (Wildman–Crippen MR) is 79.0 cm³/mol. The molecular formula is C15H22F3N3O3. The number of methoxy groups -OCH3 is 1. The fraction of sp³-hybridized carbons (Fsp3) is 0.733. The zero-order valence-electron chi connectivity index (χ0n) is 13.7. The van der Waals surface area contributed by atoms with Crippen LogP contribution in [-0.2, 0) is 22.2 Å². The lowest BCUT2D eigenvalue weighted by atomic mass is 9.84. The van der Waals surface area contributed by atoms with Crippen molar-refractivity contribution in [2.24, 2.45) is 13.0 Å². The molecule has 1 fully saturated rings. The molecule has 0 radical (unpaired) electrons. The number of carbonyl (C=O) groups is 1. The first-order chi connectivity index (χ1) is 11.2. The van der Waals surface area contributed by atoms with Gasteiger partial charge in [-0.2, -0.15) is 13.2 Å². The van der Waals surface area contributed by atoms with Crippen LogP contribution in [0.25, 0.3) is 0 Å². The Hall–Kier alpha value is -1.61. The number of hydrogen-bond acceptors (Lipinski definition) is 5. The summed E-state index contributed by atoms with van der Waals surface area (Å²) in [7, 11) is 2.36. The number of esters is 1. The molecule has 0 amide bonds. The van der Waals surface area contributed by atoms with E-state index in [2.05, 4.69) is 9.72 Å². The average molecular weight is 349 g/mol. The van der Waals surface area contributed by atoms with E-state index in [1.165, 1.54) is 13.2 Å². The van der Waals surface area contributed by atoms with Crippen molar-refractivity contribution < 1.29 is 27.8 Å². The van der Waals surface area contributed by atoms with Gasteiger partial charge in [0.05, 0.1) is 7.11 Å². The Morgan fingerprint density at radius 2 is 2.00 bits per heavy atom. The van der Waals surface area contributed by atoms with Gasteiger partial charge in [0.25, 0.3) is 0 Å². The lowest BCUT2D eigenvalue weighted by molar-refractivity contribution is -0.291. The first kappa shape index (κ1) is 18.7. The number of carbonyl (C=O) groups excluding carboxylic acids is 1. The monoisotopic (exact) mass is 349 g/mol. The van der Waals surface area contributed by atoms with Gasteiger partial charge in [-0.15, -0.1) is 0 Å². The summed E-state index contributed by atoms with van der Waals surface area (Å²) in [4.78, 5) is 17.5. The van der Waals surface area contributed by atoms with E-state index in [0.29, 0.717) is 13.1 Å². The van der Waals surface area contributed by atoms with Crippen LogP contribution in [0.1, 0.15) is 25.1 Å². The second-order valence-electron chi connectivity index (χ2n) is 6.06. The molecule has 2 unspecified atom stereocenters. The maximum Gasteiger partial charge on any atom is 0.425 e. The second-order valence-corrected chi connectivity index (χ2v) is 6.06. The maximum absolute atomic E-state index is 13.8. The molecule has 0 saturated carbocycles. The van der Waals surface area contributed by atoms with Crippen LogP contribution in [0.5, 0.6) is 0 Å². The van der Waals surface area contributed by atoms with Crippen LogP contribution >= 0.6 is 0 Å². The SMILES string of the molecule is COC(=O)C(CN1CCCCC1)C(O)(c1nccn1C)C(F)(F)F. The van der Waals surface area contributed by atoms with Gasteiger partial charge < -0.3 is 19.3 Å². The van der Waals surface area contributed by atoms with E-state index in [-0.39, 0.29) is 6.54 Å². The molecule has 1 aromatic heterocycles. The van der Waals surface area contributed by atoms with E-state index < -0.39 is 29.5 Å². The lowest BCUT2D eigenvalue weighted by Crippen LogP contribution is -2.56. The molecule has 1 aliphatic heterocycles. The summed E-state index contributed by atoms with van der Waals surface area (Å²) in [6.07, 6.45) is 0.0626. The van der Waals surface area contributed by atoms with E-state index in [9.17, 15) is 23.1 Å². The highest BCUT2D eigenvalue weighted by molar-refractivity contribution is 5.74. The van der Waals surface area contributed by atoms with Crippen molar-refractivity contribution in [3.05, 3.63) is 18.2 Å². The largest absolute Gasteiger partial charge is 0.469 e. The minimum Gasteiger partial charge on any atom is -0.469 e. The van der Waals surface area contributed by atoms with Crippen LogP contribution in [-0.4, -0.2) is 58.4 Å². The Morgan fingerprint density at radius 3 is 2.46 bits per heavy atom. The molecule has 2 atom stereocenters. The summed E-state index contributed by atoms with van der Waals surface area (Å²) in [5.41, 5.74) is -3.42. The van der Waals surface area contributed by atoms with Gasteiger partial charge in [0.2, 0.25) is 5.60 Å². The Bertz CT molecular complexity index is 570. The maximum atomic E-state index is 13.8. The number of aromatic nitrogens is 2. The molecule has 1 aromatic rings. The third kappa shape index (κ3) is 3.41. The van der Waals surface area contributed by atoms with Crippen molar-refractivity contribution in [3.63, 3.8) is 0 Å². The van der Waals surface area contributed by atoms with E-state index in [1.807, 2.05) is 0 Å². The Kier molecular flexibility index (Phi) is 5.54. The summed E-state index contributed by atoms with van der Waals surface area (Å²) in [5.74, 6) is -3.55. The highest BCUT2D eigenvalue weighted by atomic mass is 19.4. The van der Waals surface area contributed by atoms with Crippen LogP contribution in [0.3, 0.4) is 0 Å². The molecule has 6 nitrogen and oxygen atoms in total. The van der Waals surface area contributed by atoms with E-state index in [0.717, 1.165) is 37.1 Å². The van der Waals surface area contributed by atoms with Crippen molar-refractivity contribution in [1.82, 2.24) is 14.5 Å². The number of alkyl halides is 3. The third-order valence-electron chi connectivity index (χ3n) is 4.47. The van der Waals surface area contributed by atoms with E-state index >= 15 is 0 Å². The molecule has 0 bridgehead atoms. The Labute approximate surface area is 138 Å². The smallest absolute Gasteiger partial charge is 0.425 e. The number of hydrogen-bond donors (Lipinski definition) is 1. The Morgan fingerprint density at radius 1 is 1.38 bits per heavy atom. The molecule has 0 spiro atoms. The fourth-order valence-electron chi connectivity index (χ4n) is 3.13. The summed E-state index contributed by atoms with van der Waals surface area (Å²) >= 11 is 0. The normalized spacial score (nSPS) is 20.4. The first-order valence-corrected chi connectivity index (χ1v) is 7.79. The van der Waals surface area contributed by atoms with Gasteiger partial charge in [-0.1, -0.05) is 6.42 Å². The number of piperidine rings is 1. The predicted octanol–water partition coefficient (Wildman–Crippen LogP) is 1.45. The topological polar surface area (TPSA) is 67.6 Å². The number of halogens is 3. The Balaban J connectivity index is 2.45. The quantitative estimate of drug-likeness (QED) is 0.815. The average Bonchev–Trinajstić information content (AvgIpc) is 2.97. The van der Waals surface area contributed by atoms with Crippen LogP contribution in [0.15, 0.2) is 12.4 Å². The molecule has 9 heteroatoms. The zero-order valence-corrected chi connectivity index (χ0v) is 13.7. The number of nitrogens with zero attached hydrogens (tertiary/aromatic N) is 3. The van der Waals surface area contributed by atoms with Gasteiger partial charge in [0.15, 0.2) is 5.82 Å². The summed E-state index contributed by atoms with van der Waals surface area (Å²) in [5, 5.41) is 10.6. The number of aryl methyl sites for hydroxylation is 1. The van der Waals surface area contributed by atoms with Crippen molar-refractivity contribution in [2.75, 3.05) is 26.7 Å². The van der Waals surface area contributed by atoms with Crippen LogP contribution in [0, 0.1) is 5.92 Å². The summed E-state index contributed by atoms with van der Waals surface area (Å²) in [6.45, 7) is 0.930. The lowest BCUT2D eigenvalue weighted by Gasteiger charge is -2.38. The van der Waals surface area contributed by atoms with Crippen LogP contribution < -0.4 is 0 Å². The van der Waals surface area contributed by atoms with E-state index in [4.69, 9.17) is 0 Å². The highest BCUT2D eigenvalue weighted by Crippen LogP contribution is 2.44. The number of imidazole rings is 1. The van der Waals surface area contributed by atoms with Gasteiger partial charge in [-0.05, 0) is 25.9 Å². The minimum atomic E-state index is -5.08. The molecule has 2 rings (SSSR count). The third-order valence-corrected chi connectivity index (χ3v) is 4.47. The van der Waals surface area contributed by atoms with Gasteiger partial charge in [0.1, 0.15) is 5.92 Å². The van der Waals surface area contributed by atoms with Crippen molar-refractivity contribution >= 4 is 5.97 Å². The first-order valence-electron chi connectivity index (χ1n) is 7.79. The number of ether oxygens (including phenoxy) is 1. The molecule has 0 aliphatic carbocycles. The van der Waals surface area contributed by atoms with Crippen LogP contribution in [0.4, 0.5) is 13.2 Å². The molecular weight excluding hydrogens is 327 g/mol. The number of likely N-dealkylation sites (tertiary alicyclic amines) is 1. The minimum absolute atomic E-state index is 0.241. The second kappa shape index (κ2) is 7.10. The molecule has 24 heavy (non-hydrogen) atoms. The molecule has 1 aliphatic rings. The summed E-state index contributed by atoms with van der Waals surface area (Å²) < 4.78 is 47.1. The molecule has 1 N–H and O–H groups in total. The van der Waals surface area contributed by atoms with Crippen LogP contribution in [0.2, 0.25) is 0 Å². The van der Waals surface area contributed by atoms with E-state index in [1.54, 1.807) is 4.90 Å². The summed E-state index contributed by atoms with van der Waals surface area (Å²) in [6, 6.07) is 0. The zero-order chi connectivity index (χ0) is 18.0. The molecule has 136 valence electrons. The molecule has 0 aromatic carbocycles.